The molecule has 0 unspecified atom stereocenters. The number of nitrogens with zero attached hydrogens (tertiary/aromatic N) is 2. The van der Waals surface area contributed by atoms with Crippen LogP contribution in [-0.4, -0.2) is 9.13 Å². The molecular formula is C30H22F2N2. The van der Waals surface area contributed by atoms with Crippen molar-refractivity contribution in [2.75, 3.05) is 0 Å². The van der Waals surface area contributed by atoms with E-state index in [1.165, 1.54) is 35.0 Å². The first-order chi connectivity index (χ1) is 16.6. The molecule has 0 radical (unpaired) electrons. The molecule has 0 aliphatic carbocycles. The van der Waals surface area contributed by atoms with Gasteiger partial charge in [-0.05, 0) is 81.6 Å². The minimum Gasteiger partial charge on any atom is -0.343 e. The predicted molar refractivity (Wildman–Crippen MR) is 134 cm³/mol. The summed E-state index contributed by atoms with van der Waals surface area (Å²) in [4.78, 5) is 0. The third kappa shape index (κ3) is 3.88. The van der Waals surface area contributed by atoms with Gasteiger partial charge in [0.05, 0.1) is 0 Å². The Bertz CT molecular complexity index is 1480. The largest absolute Gasteiger partial charge is 0.343 e. The van der Waals surface area contributed by atoms with E-state index >= 15 is 0 Å². The van der Waals surface area contributed by atoms with Gasteiger partial charge in [-0.25, -0.2) is 8.78 Å². The van der Waals surface area contributed by atoms with E-state index in [1.807, 2.05) is 24.3 Å². The van der Waals surface area contributed by atoms with Crippen LogP contribution in [0, 0.1) is 11.6 Å². The third-order valence-electron chi connectivity index (χ3n) is 6.41. The normalized spacial score (nSPS) is 11.5. The fourth-order valence-corrected chi connectivity index (χ4v) is 4.58. The molecule has 0 atom stereocenters. The van der Waals surface area contributed by atoms with Gasteiger partial charge < -0.3 is 9.13 Å². The molecule has 0 aliphatic rings. The van der Waals surface area contributed by atoms with Crippen LogP contribution in [0.4, 0.5) is 8.78 Å². The fourth-order valence-electron chi connectivity index (χ4n) is 4.58. The standard InChI is InChI=1S/C30H22F2N2/c31-27-9-1-21(2-10-27)19-33-15-13-23-5-7-25(17-29(23)33)26-8-6-24-14-16-34(30(24)18-26)20-22-3-11-28(32)12-4-22/h1-18H,19-20H2. The van der Waals surface area contributed by atoms with Crippen molar-refractivity contribution in [3.8, 4) is 11.1 Å². The summed E-state index contributed by atoms with van der Waals surface area (Å²) in [5.74, 6) is -0.439. The van der Waals surface area contributed by atoms with E-state index < -0.39 is 0 Å². The highest BCUT2D eigenvalue weighted by Crippen LogP contribution is 2.29. The minimum absolute atomic E-state index is 0.219. The molecule has 6 rings (SSSR count). The summed E-state index contributed by atoms with van der Waals surface area (Å²) in [5, 5.41) is 2.35. The monoisotopic (exact) mass is 448 g/mol. The molecule has 0 bridgehead atoms. The number of halogens is 2. The molecule has 0 spiro atoms. The SMILES string of the molecule is Fc1ccc(Cn2ccc3ccc(-c4ccc5ccn(Cc6ccc(F)cc6)c5c4)cc32)cc1. The molecule has 4 heteroatoms. The van der Waals surface area contributed by atoms with Gasteiger partial charge in [-0.3, -0.25) is 0 Å². The maximum absolute atomic E-state index is 13.3. The minimum atomic E-state index is -0.219. The Morgan fingerprint density at radius 1 is 0.471 bits per heavy atom. The van der Waals surface area contributed by atoms with E-state index in [4.69, 9.17) is 0 Å². The van der Waals surface area contributed by atoms with Gasteiger partial charge in [0.2, 0.25) is 0 Å². The Kier molecular flexibility index (Phi) is 4.99. The second kappa shape index (κ2) is 8.31. The van der Waals surface area contributed by atoms with Gasteiger partial charge in [0.25, 0.3) is 0 Å². The van der Waals surface area contributed by atoms with Crippen LogP contribution in [0.2, 0.25) is 0 Å². The number of rotatable bonds is 5. The Morgan fingerprint density at radius 2 is 0.882 bits per heavy atom. The Morgan fingerprint density at radius 3 is 1.29 bits per heavy atom. The lowest BCUT2D eigenvalue weighted by molar-refractivity contribution is 0.626. The molecule has 0 saturated carbocycles. The summed E-state index contributed by atoms with van der Waals surface area (Å²) >= 11 is 0. The molecule has 34 heavy (non-hydrogen) atoms. The highest BCUT2D eigenvalue weighted by Gasteiger charge is 2.08. The highest BCUT2D eigenvalue weighted by atomic mass is 19.1. The lowest BCUT2D eigenvalue weighted by Crippen LogP contribution is -1.98. The first-order valence-corrected chi connectivity index (χ1v) is 11.3. The molecular weight excluding hydrogens is 426 g/mol. The maximum atomic E-state index is 13.3. The lowest BCUT2D eigenvalue weighted by atomic mass is 10.0. The quantitative estimate of drug-likeness (QED) is 0.256. The van der Waals surface area contributed by atoms with Crippen LogP contribution in [0.25, 0.3) is 32.9 Å². The van der Waals surface area contributed by atoms with Crippen molar-refractivity contribution in [1.29, 1.82) is 0 Å². The third-order valence-corrected chi connectivity index (χ3v) is 6.41. The van der Waals surface area contributed by atoms with Crippen LogP contribution in [0.5, 0.6) is 0 Å². The average molecular weight is 449 g/mol. The average Bonchev–Trinajstić information content (AvgIpc) is 3.45. The zero-order valence-corrected chi connectivity index (χ0v) is 18.5. The van der Waals surface area contributed by atoms with Crippen LogP contribution >= 0.6 is 0 Å². The van der Waals surface area contributed by atoms with Crippen LogP contribution in [-0.2, 0) is 13.1 Å². The zero-order chi connectivity index (χ0) is 23.1. The Balaban J connectivity index is 1.35. The molecule has 166 valence electrons. The second-order valence-electron chi connectivity index (χ2n) is 8.69. The molecule has 6 aromatic rings. The maximum Gasteiger partial charge on any atom is 0.123 e. The zero-order valence-electron chi connectivity index (χ0n) is 18.5. The van der Waals surface area contributed by atoms with Crippen molar-refractivity contribution in [2.45, 2.75) is 13.1 Å². The fraction of sp³-hybridized carbons (Fsp3) is 0.0667. The molecule has 2 nitrogen and oxygen atoms in total. The summed E-state index contributed by atoms with van der Waals surface area (Å²) < 4.78 is 31.0. The van der Waals surface area contributed by atoms with Crippen LogP contribution in [0.3, 0.4) is 0 Å². The second-order valence-corrected chi connectivity index (χ2v) is 8.69. The van der Waals surface area contributed by atoms with E-state index in [0.29, 0.717) is 13.1 Å². The van der Waals surface area contributed by atoms with Crippen LogP contribution < -0.4 is 0 Å². The van der Waals surface area contributed by atoms with Crippen LogP contribution in [0.1, 0.15) is 11.1 Å². The van der Waals surface area contributed by atoms with Crippen molar-refractivity contribution in [1.82, 2.24) is 9.13 Å². The molecule has 0 saturated heterocycles. The summed E-state index contributed by atoms with van der Waals surface area (Å²) in [6, 6.07) is 30.6. The van der Waals surface area contributed by atoms with E-state index in [1.54, 1.807) is 0 Å². The number of aromatic nitrogens is 2. The number of hydrogen-bond acceptors (Lipinski definition) is 0. The first-order valence-electron chi connectivity index (χ1n) is 11.3. The van der Waals surface area contributed by atoms with Crippen LogP contribution in [0.15, 0.2) is 109 Å². The number of fused-ring (bicyclic) bond motifs is 2. The first kappa shape index (κ1) is 20.4. The van der Waals surface area contributed by atoms with Gasteiger partial charge in [0.1, 0.15) is 11.6 Å². The van der Waals surface area contributed by atoms with Gasteiger partial charge in [0, 0.05) is 36.5 Å². The van der Waals surface area contributed by atoms with Gasteiger partial charge >= 0.3 is 0 Å². The molecule has 4 aromatic carbocycles. The van der Waals surface area contributed by atoms with Crippen molar-refractivity contribution in [3.05, 3.63) is 132 Å². The predicted octanol–water partition coefficient (Wildman–Crippen LogP) is 7.64. The van der Waals surface area contributed by atoms with Crippen molar-refractivity contribution in [3.63, 3.8) is 0 Å². The molecule has 2 heterocycles. The Hall–Kier alpha value is -4.18. The topological polar surface area (TPSA) is 9.86 Å². The van der Waals surface area contributed by atoms with Gasteiger partial charge in [-0.15, -0.1) is 0 Å². The molecule has 0 aliphatic heterocycles. The molecule has 2 aromatic heterocycles. The highest BCUT2D eigenvalue weighted by molar-refractivity contribution is 5.89. The summed E-state index contributed by atoms with van der Waals surface area (Å²) in [6.07, 6.45) is 4.16. The van der Waals surface area contributed by atoms with Gasteiger partial charge in [0.15, 0.2) is 0 Å². The summed E-state index contributed by atoms with van der Waals surface area (Å²) in [5.41, 5.74) is 6.69. The lowest BCUT2D eigenvalue weighted by Gasteiger charge is -2.10. The van der Waals surface area contributed by atoms with E-state index in [2.05, 4.69) is 70.1 Å². The van der Waals surface area contributed by atoms with Crippen molar-refractivity contribution >= 4 is 21.8 Å². The Labute approximate surface area is 196 Å². The van der Waals surface area contributed by atoms with Gasteiger partial charge in [-0.2, -0.15) is 0 Å². The van der Waals surface area contributed by atoms with Crippen molar-refractivity contribution in [2.24, 2.45) is 0 Å². The van der Waals surface area contributed by atoms with E-state index in [9.17, 15) is 8.78 Å². The number of hydrogen-bond donors (Lipinski definition) is 0. The van der Waals surface area contributed by atoms with Gasteiger partial charge in [-0.1, -0.05) is 48.5 Å². The van der Waals surface area contributed by atoms with E-state index in [-0.39, 0.29) is 11.6 Å². The van der Waals surface area contributed by atoms with Crippen molar-refractivity contribution < 1.29 is 8.78 Å². The van der Waals surface area contributed by atoms with E-state index in [0.717, 1.165) is 33.3 Å². The smallest absolute Gasteiger partial charge is 0.123 e. The summed E-state index contributed by atoms with van der Waals surface area (Å²) in [7, 11) is 0. The molecule has 0 fully saturated rings. The molecule has 0 amide bonds. The number of benzene rings is 4. The summed E-state index contributed by atoms with van der Waals surface area (Å²) in [6.45, 7) is 1.37. The molecule has 0 N–H and O–H groups in total.